The fourth-order valence-electron chi connectivity index (χ4n) is 12.3. The molecule has 0 unspecified atom stereocenters. The van der Waals surface area contributed by atoms with Gasteiger partial charge in [-0.2, -0.15) is 0 Å². The number of carboxylic acids is 1. The molecule has 1 aliphatic carbocycles. The van der Waals surface area contributed by atoms with E-state index in [9.17, 15) is 53.4 Å². The molecule has 0 bridgehead atoms. The number of ether oxygens (including phenoxy) is 1. The first-order valence-corrected chi connectivity index (χ1v) is 34.3. The summed E-state index contributed by atoms with van der Waals surface area (Å²) in [5.41, 5.74) is 3.52. The van der Waals surface area contributed by atoms with Crippen molar-refractivity contribution < 1.29 is 62.5 Å². The Morgan fingerprint density at radius 1 is 0.771 bits per heavy atom. The number of hydrogen-bond acceptors (Lipinski definition) is 14. The summed E-state index contributed by atoms with van der Waals surface area (Å²) in [7, 11) is 1.93. The van der Waals surface area contributed by atoms with E-state index in [-0.39, 0.29) is 84.3 Å². The molecule has 1 saturated heterocycles. The minimum atomic E-state index is -1.36. The molecule has 7 rings (SSSR count). The van der Waals surface area contributed by atoms with Crippen LogP contribution in [0.25, 0.3) is 11.1 Å². The van der Waals surface area contributed by atoms with Gasteiger partial charge in [0.2, 0.25) is 35.4 Å². The van der Waals surface area contributed by atoms with Gasteiger partial charge in [-0.3, -0.25) is 43.3 Å². The highest BCUT2D eigenvalue weighted by Crippen LogP contribution is 2.44. The number of likely N-dealkylation sites (tertiary alicyclic amines) is 1. The van der Waals surface area contributed by atoms with Gasteiger partial charge in [-0.05, 0) is 117 Å². The lowest BCUT2D eigenvalue weighted by atomic mass is 9.84. The topological polar surface area (TPSA) is 307 Å². The number of nitrogens with zero attached hydrogens (tertiary/aromatic N) is 3. The molecule has 5 aromatic rings. The number of anilines is 1. The van der Waals surface area contributed by atoms with Crippen LogP contribution < -0.4 is 37.2 Å². The first-order valence-electron chi connectivity index (χ1n) is 33.4. The molecule has 0 saturated carbocycles. The zero-order valence-corrected chi connectivity index (χ0v) is 57.2. The summed E-state index contributed by atoms with van der Waals surface area (Å²) in [6.45, 7) is 12.6. The molecule has 9 N–H and O–H groups in total. The van der Waals surface area contributed by atoms with Gasteiger partial charge in [0.15, 0.2) is 0 Å². The highest BCUT2D eigenvalue weighted by molar-refractivity contribution is 7.09. The van der Waals surface area contributed by atoms with Crippen LogP contribution in [0, 0.1) is 23.1 Å². The average molecular weight is 1340 g/mol. The lowest BCUT2D eigenvalue weighted by Gasteiger charge is -2.40. The fourth-order valence-corrected chi connectivity index (χ4v) is 13.1. The van der Waals surface area contributed by atoms with Crippen molar-refractivity contribution >= 4 is 70.4 Å². The lowest BCUT2D eigenvalue weighted by Crippen LogP contribution is -2.58. The van der Waals surface area contributed by atoms with Gasteiger partial charge in [-0.15, -0.1) is 11.3 Å². The number of thiazole rings is 1. The van der Waals surface area contributed by atoms with Crippen molar-refractivity contribution in [3.8, 4) is 11.1 Å². The van der Waals surface area contributed by atoms with Gasteiger partial charge in [-0.1, -0.05) is 152 Å². The van der Waals surface area contributed by atoms with Gasteiger partial charge in [0.1, 0.15) is 47.9 Å². The molecule has 1 aliphatic heterocycles. The number of piperidine rings is 1. The summed E-state index contributed by atoms with van der Waals surface area (Å²) in [6, 6.07) is 24.7. The van der Waals surface area contributed by atoms with Gasteiger partial charge >= 0.3 is 12.1 Å². The van der Waals surface area contributed by atoms with E-state index in [1.807, 2.05) is 93.1 Å². The van der Waals surface area contributed by atoms with E-state index in [1.54, 1.807) is 30.3 Å². The Labute approximate surface area is 566 Å². The minimum absolute atomic E-state index is 0.00369. The number of alkyl carbamates (subject to hydrolysis) is 1. The third kappa shape index (κ3) is 21.2. The number of hydrogen-bond donors (Lipinski definition) is 9. The van der Waals surface area contributed by atoms with Crippen molar-refractivity contribution in [3.05, 3.63) is 141 Å². The van der Waals surface area contributed by atoms with Crippen LogP contribution in [0.1, 0.15) is 162 Å². The van der Waals surface area contributed by atoms with E-state index in [2.05, 4.69) is 49.1 Å². The van der Waals surface area contributed by atoms with E-state index < -0.39 is 103 Å². The highest BCUT2D eigenvalue weighted by Gasteiger charge is 2.39. The Hall–Kier alpha value is -8.61. The van der Waals surface area contributed by atoms with Gasteiger partial charge < -0.3 is 57.1 Å². The van der Waals surface area contributed by atoms with Crippen molar-refractivity contribution in [2.75, 3.05) is 51.7 Å². The molecule has 518 valence electrons. The maximum absolute atomic E-state index is 15.9. The number of benzene rings is 4. The fraction of sp³-hybridized carbons (Fsp3) is 0.500. The first-order chi connectivity index (χ1) is 45.9. The number of carbonyl (C=O) groups excluding carboxylic acids is 8. The normalized spacial score (nSPS) is 15.7. The second-order valence-corrected chi connectivity index (χ2v) is 27.1. The monoisotopic (exact) mass is 1340 g/mol. The number of fused-ring (bicyclic) bond motifs is 3. The molecule has 4 aromatic carbocycles. The standard InChI is InChI=1S/C72H95FN10O12S/c1-9-11-12-21-33-83(69(91)64(45(5)10-2)81-67(90)58-29-20-22-32-82(58)8)59(44(3)4)37-60(84)68-80-57(43-96-68)66(89)77-48(38-72(6,7)70(92)93)34-47-30-31-55(54(73)35-47)78-63(87)41-75-65(88)56(36-46-23-14-13-15-24-46)79-62(86)40-74-61(85)39-76-71(94)95-42-53-51-27-18-16-25-49(51)50-26-17-19-28-52(50)53/h13-19,23-28,30-31,35,43-45,48,53,56,58-60,64,84H,9-12,20-22,29,32-34,36-42H2,1-8H3,(H,74,85)(H,75,88)(H,76,94)(H,77,89)(H,78,87)(H,79,86)(H,81,90)(H,92,93)/t45-,48-,56-,58+,59+,60+,64-/m0/s1. The van der Waals surface area contributed by atoms with Crippen molar-refractivity contribution in [2.24, 2.45) is 17.3 Å². The predicted octanol–water partition coefficient (Wildman–Crippen LogP) is 8.43. The summed E-state index contributed by atoms with van der Waals surface area (Å²) in [5, 5.41) is 42.1. The second kappa shape index (κ2) is 35.9. The van der Waals surface area contributed by atoms with Crippen molar-refractivity contribution in [1.29, 1.82) is 0 Å². The summed E-state index contributed by atoms with van der Waals surface area (Å²) in [4.78, 5) is 129. The molecule has 0 spiro atoms. The number of aliphatic carboxylic acids is 1. The Bertz CT molecular complexity index is 3450. The predicted molar refractivity (Wildman–Crippen MR) is 365 cm³/mol. The van der Waals surface area contributed by atoms with Crippen LogP contribution in [0.5, 0.6) is 0 Å². The quantitative estimate of drug-likeness (QED) is 0.0172. The number of carboxylic acid groups (broad SMARTS) is 1. The molecule has 7 atom stereocenters. The molecule has 2 heterocycles. The Morgan fingerprint density at radius 2 is 1.44 bits per heavy atom. The highest BCUT2D eigenvalue weighted by atomic mass is 32.1. The molecule has 96 heavy (non-hydrogen) atoms. The first kappa shape index (κ1) is 74.8. The maximum atomic E-state index is 15.9. The Morgan fingerprint density at radius 3 is 2.08 bits per heavy atom. The summed E-state index contributed by atoms with van der Waals surface area (Å²) >= 11 is 1.06. The summed E-state index contributed by atoms with van der Waals surface area (Å²) < 4.78 is 21.4. The number of halogens is 1. The number of amides is 8. The number of aliphatic hydroxyl groups is 1. The number of likely N-dealkylation sites (N-methyl/N-ethyl adjacent to an activating group) is 1. The minimum Gasteiger partial charge on any atom is -0.481 e. The van der Waals surface area contributed by atoms with Gasteiger partial charge in [-0.25, -0.2) is 14.2 Å². The van der Waals surface area contributed by atoms with Crippen LogP contribution in [-0.4, -0.2) is 155 Å². The number of nitrogens with one attached hydrogen (secondary N) is 7. The zero-order chi connectivity index (χ0) is 69.6. The van der Waals surface area contributed by atoms with Crippen LogP contribution in [0.2, 0.25) is 0 Å². The molecule has 1 aromatic heterocycles. The second-order valence-electron chi connectivity index (χ2n) is 26.2. The van der Waals surface area contributed by atoms with E-state index in [0.717, 1.165) is 84.7 Å². The van der Waals surface area contributed by atoms with Crippen molar-refractivity contribution in [2.45, 2.75) is 168 Å². The maximum Gasteiger partial charge on any atom is 0.407 e. The number of aliphatic hydroxyl groups excluding tert-OH is 1. The van der Waals surface area contributed by atoms with Crippen LogP contribution in [-0.2, 0) is 51.1 Å². The Kier molecular flexibility index (Phi) is 28.0. The van der Waals surface area contributed by atoms with E-state index in [4.69, 9.17) is 4.74 Å². The largest absolute Gasteiger partial charge is 0.481 e. The molecule has 24 heteroatoms. The molecule has 1 fully saturated rings. The SMILES string of the molecule is CCCCCCN(C(=O)[C@@H](NC(=O)[C@H]1CCCCN1C)[C@@H](C)CC)[C@H](C[C@@H](O)c1nc(C(=O)N[C@@H](Cc2ccc(NC(=O)CNC(=O)[C@H](Cc3ccccc3)NC(=O)CNC(=O)CNC(=O)OCC3c4ccccc4-c4ccccc43)c(F)c2)CC(C)(C)C(=O)O)cs1)C(C)C. The van der Waals surface area contributed by atoms with Crippen molar-refractivity contribution in [1.82, 2.24) is 46.7 Å². The van der Waals surface area contributed by atoms with Gasteiger partial charge in [0.05, 0.1) is 30.2 Å². The van der Waals surface area contributed by atoms with Crippen molar-refractivity contribution in [3.63, 3.8) is 0 Å². The number of rotatable bonds is 35. The third-order valence-electron chi connectivity index (χ3n) is 18.1. The molecule has 2 aliphatic rings. The van der Waals surface area contributed by atoms with Crippen LogP contribution in [0.15, 0.2) is 102 Å². The average Bonchev–Trinajstić information content (AvgIpc) is 1.61. The molecular weight excluding hydrogens is 1250 g/mol. The lowest BCUT2D eigenvalue weighted by molar-refractivity contribution is -0.147. The van der Waals surface area contributed by atoms with Gasteiger partial charge in [0.25, 0.3) is 5.91 Å². The molecule has 22 nitrogen and oxygen atoms in total. The Balaban J connectivity index is 0.927. The zero-order valence-electron chi connectivity index (χ0n) is 56.3. The van der Waals surface area contributed by atoms with E-state index >= 15 is 4.39 Å². The molecule has 8 amide bonds. The summed E-state index contributed by atoms with van der Waals surface area (Å²) in [6.07, 6.45) is 4.84. The van der Waals surface area contributed by atoms with Gasteiger partial charge in [0, 0.05) is 42.8 Å². The molecule has 0 radical (unpaired) electrons. The van der Waals surface area contributed by atoms with E-state index in [1.165, 1.54) is 31.4 Å². The number of unbranched alkanes of at least 4 members (excludes halogenated alkanes) is 3. The van der Waals surface area contributed by atoms with Crippen LogP contribution >= 0.6 is 11.3 Å². The van der Waals surface area contributed by atoms with Crippen LogP contribution in [0.3, 0.4) is 0 Å². The van der Waals surface area contributed by atoms with Crippen LogP contribution in [0.4, 0.5) is 14.9 Å². The summed E-state index contributed by atoms with van der Waals surface area (Å²) in [5.74, 6) is -6.55. The number of aromatic nitrogens is 1. The molecular formula is C72H95FN10O12S. The third-order valence-corrected chi connectivity index (χ3v) is 19.0. The smallest absolute Gasteiger partial charge is 0.407 e. The number of carbonyl (C=O) groups is 9. The van der Waals surface area contributed by atoms with E-state index in [0.29, 0.717) is 30.5 Å².